The van der Waals surface area contributed by atoms with Gasteiger partial charge in [0.05, 0.1) is 7.11 Å². The average molecular weight is 503 g/mol. The normalized spacial score (nSPS) is 11.0. The van der Waals surface area contributed by atoms with E-state index in [4.69, 9.17) is 21.7 Å². The van der Waals surface area contributed by atoms with Gasteiger partial charge in [0.25, 0.3) is 0 Å². The molecule has 0 aliphatic rings. The summed E-state index contributed by atoms with van der Waals surface area (Å²) in [5.41, 5.74) is 3.12. The Labute approximate surface area is 208 Å². The van der Waals surface area contributed by atoms with Crippen molar-refractivity contribution >= 4 is 23.2 Å². The third-order valence-corrected chi connectivity index (χ3v) is 5.29. The highest BCUT2D eigenvalue weighted by atomic mass is 32.1. The minimum Gasteiger partial charge on any atom is -0.503 e. The molecule has 0 saturated heterocycles. The van der Waals surface area contributed by atoms with Gasteiger partial charge in [-0.05, 0) is 61.7 Å². The highest BCUT2D eigenvalue weighted by Gasteiger charge is 2.16. The minimum atomic E-state index is -0.510. The summed E-state index contributed by atoms with van der Waals surface area (Å²) < 4.78 is 35.5. The Morgan fingerprint density at radius 1 is 1.09 bits per heavy atom. The first-order valence-electron chi connectivity index (χ1n) is 10.8. The minimum absolute atomic E-state index is 0.101. The number of aromatic nitrogens is 1. The second-order valence-corrected chi connectivity index (χ2v) is 8.16. The number of rotatable bonds is 7. The molecule has 1 aromatic heterocycles. The number of carbonyl (C=O) groups is 1. The predicted octanol–water partition coefficient (Wildman–Crippen LogP) is 4.82. The van der Waals surface area contributed by atoms with Crippen LogP contribution in [-0.4, -0.2) is 40.8 Å². The van der Waals surface area contributed by atoms with Crippen molar-refractivity contribution in [1.82, 2.24) is 10.3 Å². The van der Waals surface area contributed by atoms with E-state index in [1.165, 1.54) is 43.6 Å². The number of hydrogen-bond donors (Lipinski definition) is 2. The van der Waals surface area contributed by atoms with Crippen molar-refractivity contribution in [3.8, 4) is 11.5 Å². The molecule has 0 radical (unpaired) electrons. The Balaban J connectivity index is 0.000000402. The highest BCUT2D eigenvalue weighted by Crippen LogP contribution is 2.27. The average Bonchev–Trinajstić information content (AvgIpc) is 2.82. The number of esters is 1. The molecule has 3 rings (SSSR count). The van der Waals surface area contributed by atoms with Gasteiger partial charge in [-0.25, -0.2) is 13.8 Å². The molecule has 2 aromatic carbocycles. The lowest BCUT2D eigenvalue weighted by Gasteiger charge is -2.14. The van der Waals surface area contributed by atoms with Gasteiger partial charge < -0.3 is 19.9 Å². The predicted molar refractivity (Wildman–Crippen MR) is 134 cm³/mol. The fraction of sp³-hybridized carbons (Fsp3) is 0.269. The van der Waals surface area contributed by atoms with Crippen LogP contribution < -0.4 is 10.1 Å². The van der Waals surface area contributed by atoms with Crippen LogP contribution >= 0.6 is 12.2 Å². The van der Waals surface area contributed by atoms with Gasteiger partial charge in [0.1, 0.15) is 35.0 Å². The quantitative estimate of drug-likeness (QED) is 0.354. The third kappa shape index (κ3) is 8.94. The van der Waals surface area contributed by atoms with Crippen LogP contribution in [0.1, 0.15) is 29.3 Å². The van der Waals surface area contributed by atoms with Crippen LogP contribution in [0.2, 0.25) is 0 Å². The second-order valence-electron chi connectivity index (χ2n) is 7.75. The molecule has 0 aliphatic carbocycles. The van der Waals surface area contributed by atoms with Crippen molar-refractivity contribution in [3.05, 3.63) is 88.7 Å². The smallest absolute Gasteiger partial charge is 0.325 e. The van der Waals surface area contributed by atoms with Crippen LogP contribution in [0.25, 0.3) is 0 Å². The fourth-order valence-electron chi connectivity index (χ4n) is 2.97. The zero-order valence-electron chi connectivity index (χ0n) is 20.0. The number of methoxy groups -OCH3 is 1. The molecular weight excluding hydrogens is 474 g/mol. The second kappa shape index (κ2) is 13.3. The molecular formula is C26H28F2N2O4S. The van der Waals surface area contributed by atoms with Crippen molar-refractivity contribution in [3.63, 3.8) is 0 Å². The summed E-state index contributed by atoms with van der Waals surface area (Å²) in [6, 6.07) is 12.3. The van der Waals surface area contributed by atoms with Crippen molar-refractivity contribution in [2.24, 2.45) is 0 Å². The number of thiocarbonyl (C=S) groups is 1. The molecule has 0 fully saturated rings. The largest absolute Gasteiger partial charge is 0.503 e. The summed E-state index contributed by atoms with van der Waals surface area (Å²) in [4.78, 5) is 16.0. The third-order valence-electron chi connectivity index (χ3n) is 4.95. The van der Waals surface area contributed by atoms with Crippen LogP contribution in [0.4, 0.5) is 8.78 Å². The van der Waals surface area contributed by atoms with Crippen LogP contribution in [0, 0.1) is 25.5 Å². The summed E-state index contributed by atoms with van der Waals surface area (Å²) in [6.07, 6.45) is 1.52. The number of benzene rings is 2. The van der Waals surface area contributed by atoms with E-state index in [1.54, 1.807) is 25.1 Å². The number of aryl methyl sites for hydroxylation is 2. The Bertz CT molecular complexity index is 1160. The van der Waals surface area contributed by atoms with Gasteiger partial charge in [0.2, 0.25) is 0 Å². The molecule has 1 heterocycles. The number of pyridine rings is 1. The molecule has 0 spiro atoms. The van der Waals surface area contributed by atoms with Gasteiger partial charge in [-0.3, -0.25) is 4.79 Å². The lowest BCUT2D eigenvalue weighted by Crippen LogP contribution is -2.32. The SMILES string of the molecule is COc1ccnc(C(=S)NCC(=O)OC(C)Cc2ccc(F)cc2)c1O.Cc1ccc(F)cc1C. The molecule has 186 valence electrons. The standard InChI is InChI=1S/C18H19FN2O4S.C8H9F/c1-11(9-12-3-5-13(19)6-4-12)25-15(22)10-21-18(26)16-17(23)14(24-2)7-8-20-16;1-6-3-4-8(9)5-7(6)2/h3-8,11,23H,9-10H2,1-2H3,(H,21,26);3-5H,1-2H3. The number of nitrogens with one attached hydrogen (secondary N) is 1. The number of carbonyl (C=O) groups excluding carboxylic acids is 1. The Morgan fingerprint density at radius 2 is 1.74 bits per heavy atom. The number of hydrogen-bond acceptors (Lipinski definition) is 6. The summed E-state index contributed by atoms with van der Waals surface area (Å²) in [7, 11) is 1.41. The van der Waals surface area contributed by atoms with E-state index in [0.717, 1.165) is 16.7 Å². The lowest BCUT2D eigenvalue weighted by atomic mass is 10.1. The maximum Gasteiger partial charge on any atom is 0.325 e. The van der Waals surface area contributed by atoms with Gasteiger partial charge in [-0.15, -0.1) is 0 Å². The van der Waals surface area contributed by atoms with Crippen LogP contribution in [0.15, 0.2) is 54.7 Å². The molecule has 0 saturated carbocycles. The summed E-state index contributed by atoms with van der Waals surface area (Å²) in [5, 5.41) is 12.7. The van der Waals surface area contributed by atoms with Gasteiger partial charge in [-0.1, -0.05) is 30.4 Å². The molecule has 0 amide bonds. The van der Waals surface area contributed by atoms with Gasteiger partial charge in [0, 0.05) is 18.7 Å². The van der Waals surface area contributed by atoms with E-state index in [-0.39, 0.29) is 46.5 Å². The Hall–Kier alpha value is -3.59. The number of ether oxygens (including phenoxy) is 2. The number of halogens is 2. The summed E-state index contributed by atoms with van der Waals surface area (Å²) >= 11 is 5.13. The number of nitrogens with zero attached hydrogens (tertiary/aromatic N) is 1. The summed E-state index contributed by atoms with van der Waals surface area (Å²) in [5.74, 6) is -0.951. The molecule has 6 nitrogen and oxygen atoms in total. The van der Waals surface area contributed by atoms with E-state index < -0.39 is 5.97 Å². The number of aromatic hydroxyl groups is 1. The van der Waals surface area contributed by atoms with E-state index >= 15 is 0 Å². The molecule has 1 unspecified atom stereocenters. The zero-order valence-corrected chi connectivity index (χ0v) is 20.8. The zero-order chi connectivity index (χ0) is 26.0. The van der Waals surface area contributed by atoms with Crippen molar-refractivity contribution in [2.75, 3.05) is 13.7 Å². The van der Waals surface area contributed by atoms with Gasteiger partial charge in [0.15, 0.2) is 11.5 Å². The van der Waals surface area contributed by atoms with E-state index in [0.29, 0.717) is 6.42 Å². The first kappa shape index (κ1) is 27.7. The Kier molecular flexibility index (Phi) is 10.5. The van der Waals surface area contributed by atoms with Crippen LogP contribution in [0.3, 0.4) is 0 Å². The van der Waals surface area contributed by atoms with Crippen LogP contribution in [-0.2, 0) is 16.0 Å². The summed E-state index contributed by atoms with van der Waals surface area (Å²) in [6.45, 7) is 5.44. The van der Waals surface area contributed by atoms with E-state index in [1.807, 2.05) is 13.8 Å². The molecule has 1 atom stereocenters. The molecule has 35 heavy (non-hydrogen) atoms. The van der Waals surface area contributed by atoms with Crippen molar-refractivity contribution in [2.45, 2.75) is 33.3 Å². The molecule has 3 aromatic rings. The van der Waals surface area contributed by atoms with Gasteiger partial charge >= 0.3 is 5.97 Å². The topological polar surface area (TPSA) is 80.7 Å². The van der Waals surface area contributed by atoms with Crippen LogP contribution in [0.5, 0.6) is 11.5 Å². The molecule has 2 N–H and O–H groups in total. The Morgan fingerprint density at radius 3 is 2.34 bits per heavy atom. The highest BCUT2D eigenvalue weighted by molar-refractivity contribution is 7.80. The first-order valence-corrected chi connectivity index (χ1v) is 11.2. The molecule has 0 aliphatic heterocycles. The van der Waals surface area contributed by atoms with E-state index in [9.17, 15) is 18.7 Å². The molecule has 9 heteroatoms. The first-order chi connectivity index (χ1) is 16.6. The monoisotopic (exact) mass is 502 g/mol. The maximum absolute atomic E-state index is 12.9. The molecule has 0 bridgehead atoms. The lowest BCUT2D eigenvalue weighted by molar-refractivity contribution is -0.146. The van der Waals surface area contributed by atoms with Crippen molar-refractivity contribution in [1.29, 1.82) is 0 Å². The van der Waals surface area contributed by atoms with Gasteiger partial charge in [-0.2, -0.15) is 0 Å². The van der Waals surface area contributed by atoms with E-state index in [2.05, 4.69) is 10.3 Å². The maximum atomic E-state index is 12.9. The fourth-order valence-corrected chi connectivity index (χ4v) is 3.19. The van der Waals surface area contributed by atoms with Crippen molar-refractivity contribution < 1.29 is 28.2 Å².